The van der Waals surface area contributed by atoms with Gasteiger partial charge in [0.2, 0.25) is 0 Å². The smallest absolute Gasteiger partial charge is 0.251 e. The molecule has 0 bridgehead atoms. The molecule has 1 aromatic heterocycles. The van der Waals surface area contributed by atoms with Crippen LogP contribution in [0, 0.1) is 30.1 Å². The average Bonchev–Trinajstić information content (AvgIpc) is 3.33. The maximum Gasteiger partial charge on any atom is 0.251 e. The number of rotatable bonds is 6. The number of nitrogens with zero attached hydrogens (tertiary/aromatic N) is 3. The van der Waals surface area contributed by atoms with Gasteiger partial charge in [0.1, 0.15) is 17.4 Å². The second-order valence-electron chi connectivity index (χ2n) is 8.30. The topological polar surface area (TPSA) is 70.3 Å². The number of nitriles is 1. The van der Waals surface area contributed by atoms with E-state index in [4.69, 9.17) is 4.74 Å². The number of hydrogen-bond donors (Lipinski definition) is 1. The van der Waals surface area contributed by atoms with Crippen molar-refractivity contribution in [3.63, 3.8) is 0 Å². The largest absolute Gasteiger partial charge is 0.369 e. The van der Waals surface area contributed by atoms with Crippen molar-refractivity contribution in [3.8, 4) is 6.07 Å². The summed E-state index contributed by atoms with van der Waals surface area (Å²) in [6.45, 7) is 8.34. The van der Waals surface area contributed by atoms with E-state index in [1.165, 1.54) is 18.4 Å². The fourth-order valence-corrected chi connectivity index (χ4v) is 3.90. The second-order valence-corrected chi connectivity index (χ2v) is 8.30. The average molecular weight is 358 g/mol. The minimum atomic E-state index is -0.806. The molecule has 1 N–H and O–H groups in total. The highest BCUT2D eigenvalue weighted by atomic mass is 16.5. The van der Waals surface area contributed by atoms with Crippen LogP contribution in [0.15, 0.2) is 6.07 Å². The fraction of sp³-hybridized carbons (Fsp3) is 0.700. The van der Waals surface area contributed by atoms with E-state index in [9.17, 15) is 10.1 Å². The van der Waals surface area contributed by atoms with Crippen LogP contribution in [0.1, 0.15) is 43.6 Å². The Labute approximate surface area is 156 Å². The number of hydrogen-bond acceptors (Lipinski definition) is 4. The Balaban J connectivity index is 1.70. The van der Waals surface area contributed by atoms with E-state index < -0.39 is 5.60 Å². The van der Waals surface area contributed by atoms with Gasteiger partial charge in [-0.3, -0.25) is 9.69 Å². The standard InChI is InChI=1S/C20H30N4O2/c1-13-15(8-16(9-21)23(13)4)10-24-11-17(14-6-7-14)18(12-24)22-19(25)20(2,3)26-5/h8,14,17-18H,6-7,10-12H2,1-5H3,(H,22,25)/t17-,18+/m0/s1. The summed E-state index contributed by atoms with van der Waals surface area (Å²) in [5.74, 6) is 1.19. The summed E-state index contributed by atoms with van der Waals surface area (Å²) in [6, 6.07) is 4.41. The third-order valence-corrected chi connectivity index (χ3v) is 6.19. The van der Waals surface area contributed by atoms with Crippen LogP contribution in [-0.2, 0) is 23.1 Å². The number of methoxy groups -OCH3 is 1. The predicted molar refractivity (Wildman–Crippen MR) is 99.4 cm³/mol. The summed E-state index contributed by atoms with van der Waals surface area (Å²) in [5.41, 5.74) is 2.22. The van der Waals surface area contributed by atoms with E-state index in [1.807, 2.05) is 17.7 Å². The minimum Gasteiger partial charge on any atom is -0.369 e. The van der Waals surface area contributed by atoms with E-state index in [2.05, 4.69) is 23.2 Å². The second kappa shape index (κ2) is 7.05. The molecule has 2 fully saturated rings. The van der Waals surface area contributed by atoms with E-state index in [1.54, 1.807) is 21.0 Å². The lowest BCUT2D eigenvalue weighted by Crippen LogP contribution is -2.50. The molecule has 1 saturated carbocycles. The summed E-state index contributed by atoms with van der Waals surface area (Å²) in [5, 5.41) is 12.5. The van der Waals surface area contributed by atoms with Crippen molar-refractivity contribution in [2.45, 2.75) is 51.8 Å². The Kier molecular flexibility index (Phi) is 5.14. The summed E-state index contributed by atoms with van der Waals surface area (Å²) in [4.78, 5) is 15.0. The molecule has 6 nitrogen and oxygen atoms in total. The lowest BCUT2D eigenvalue weighted by Gasteiger charge is -2.26. The molecule has 6 heteroatoms. The Morgan fingerprint density at radius 1 is 1.42 bits per heavy atom. The van der Waals surface area contributed by atoms with Crippen LogP contribution in [0.2, 0.25) is 0 Å². The van der Waals surface area contributed by atoms with Crippen molar-refractivity contribution in [1.82, 2.24) is 14.8 Å². The third kappa shape index (κ3) is 3.65. The molecular weight excluding hydrogens is 328 g/mol. The van der Waals surface area contributed by atoms with Gasteiger partial charge in [0, 0.05) is 45.5 Å². The number of aromatic nitrogens is 1. The van der Waals surface area contributed by atoms with Gasteiger partial charge < -0.3 is 14.6 Å². The summed E-state index contributed by atoms with van der Waals surface area (Å²) >= 11 is 0. The van der Waals surface area contributed by atoms with Crippen LogP contribution in [0.25, 0.3) is 0 Å². The van der Waals surface area contributed by atoms with Crippen molar-refractivity contribution >= 4 is 5.91 Å². The Morgan fingerprint density at radius 2 is 2.12 bits per heavy atom. The quantitative estimate of drug-likeness (QED) is 0.844. The lowest BCUT2D eigenvalue weighted by atomic mass is 9.97. The molecule has 2 atom stereocenters. The molecule has 142 valence electrons. The van der Waals surface area contributed by atoms with Gasteiger partial charge in [0.25, 0.3) is 5.91 Å². The molecule has 1 aliphatic heterocycles. The Hall–Kier alpha value is -1.84. The van der Waals surface area contributed by atoms with Gasteiger partial charge >= 0.3 is 0 Å². The first-order chi connectivity index (χ1) is 12.3. The zero-order chi connectivity index (χ0) is 19.1. The summed E-state index contributed by atoms with van der Waals surface area (Å²) in [6.07, 6.45) is 2.53. The number of amides is 1. The molecule has 1 aliphatic carbocycles. The summed E-state index contributed by atoms with van der Waals surface area (Å²) in [7, 11) is 3.51. The molecule has 1 aromatic rings. The van der Waals surface area contributed by atoms with E-state index in [0.717, 1.165) is 31.2 Å². The fourth-order valence-electron chi connectivity index (χ4n) is 3.90. The maximum atomic E-state index is 12.6. The van der Waals surface area contributed by atoms with Crippen molar-refractivity contribution in [2.75, 3.05) is 20.2 Å². The monoisotopic (exact) mass is 358 g/mol. The lowest BCUT2D eigenvalue weighted by molar-refractivity contribution is -0.140. The molecule has 1 amide bonds. The van der Waals surface area contributed by atoms with Gasteiger partial charge in [0.15, 0.2) is 0 Å². The Morgan fingerprint density at radius 3 is 2.65 bits per heavy atom. The zero-order valence-electron chi connectivity index (χ0n) is 16.5. The van der Waals surface area contributed by atoms with Crippen molar-refractivity contribution in [3.05, 3.63) is 23.0 Å². The van der Waals surface area contributed by atoms with Gasteiger partial charge in [-0.15, -0.1) is 0 Å². The van der Waals surface area contributed by atoms with Gasteiger partial charge in [0.05, 0.1) is 0 Å². The van der Waals surface area contributed by atoms with Gasteiger partial charge in [-0.05, 0) is 57.1 Å². The first kappa shape index (κ1) is 18.9. The SMILES string of the molecule is COC(C)(C)C(=O)N[C@@H]1CN(Cc2cc(C#N)n(C)c2C)C[C@H]1C1CC1. The predicted octanol–water partition coefficient (Wildman–Crippen LogP) is 1.96. The maximum absolute atomic E-state index is 12.6. The van der Waals surface area contributed by atoms with Crippen LogP contribution < -0.4 is 5.32 Å². The number of nitrogens with one attached hydrogen (secondary N) is 1. The van der Waals surface area contributed by atoms with E-state index in [-0.39, 0.29) is 11.9 Å². The minimum absolute atomic E-state index is 0.0415. The van der Waals surface area contributed by atoms with Crippen LogP contribution in [-0.4, -0.2) is 47.2 Å². The van der Waals surface area contributed by atoms with E-state index >= 15 is 0 Å². The molecule has 2 aliphatic rings. The van der Waals surface area contributed by atoms with Crippen molar-refractivity contribution < 1.29 is 9.53 Å². The van der Waals surface area contributed by atoms with Crippen molar-refractivity contribution in [2.24, 2.45) is 18.9 Å². The number of carbonyl (C=O) groups is 1. The van der Waals surface area contributed by atoms with E-state index in [0.29, 0.717) is 11.6 Å². The highest BCUT2D eigenvalue weighted by Gasteiger charge is 2.44. The molecule has 0 aromatic carbocycles. The highest BCUT2D eigenvalue weighted by molar-refractivity contribution is 5.84. The molecule has 1 saturated heterocycles. The van der Waals surface area contributed by atoms with Crippen LogP contribution >= 0.6 is 0 Å². The number of likely N-dealkylation sites (tertiary alicyclic amines) is 1. The van der Waals surface area contributed by atoms with Crippen molar-refractivity contribution in [1.29, 1.82) is 5.26 Å². The molecule has 26 heavy (non-hydrogen) atoms. The molecular formula is C20H30N4O2. The highest BCUT2D eigenvalue weighted by Crippen LogP contribution is 2.42. The Bertz CT molecular complexity index is 727. The number of ether oxygens (including phenoxy) is 1. The molecule has 0 radical (unpaired) electrons. The molecule has 0 unspecified atom stereocenters. The van der Waals surface area contributed by atoms with Crippen LogP contribution in [0.3, 0.4) is 0 Å². The summed E-state index contributed by atoms with van der Waals surface area (Å²) < 4.78 is 7.28. The third-order valence-electron chi connectivity index (χ3n) is 6.19. The molecule has 0 spiro atoms. The molecule has 2 heterocycles. The van der Waals surface area contributed by atoms with Gasteiger partial charge in [-0.2, -0.15) is 5.26 Å². The molecule has 3 rings (SSSR count). The first-order valence-electron chi connectivity index (χ1n) is 9.40. The van der Waals surface area contributed by atoms with Gasteiger partial charge in [-0.25, -0.2) is 0 Å². The van der Waals surface area contributed by atoms with Crippen LogP contribution in [0.5, 0.6) is 0 Å². The zero-order valence-corrected chi connectivity index (χ0v) is 16.5. The normalized spacial score (nSPS) is 23.8. The van der Waals surface area contributed by atoms with Gasteiger partial charge in [-0.1, -0.05) is 0 Å². The van der Waals surface area contributed by atoms with Crippen LogP contribution in [0.4, 0.5) is 0 Å². The number of carbonyl (C=O) groups excluding carboxylic acids is 1. The first-order valence-corrected chi connectivity index (χ1v) is 9.40.